The summed E-state index contributed by atoms with van der Waals surface area (Å²) in [6, 6.07) is 13.2. The van der Waals surface area contributed by atoms with E-state index in [1.807, 2.05) is 41.5 Å². The van der Waals surface area contributed by atoms with E-state index < -0.39 is 11.8 Å². The summed E-state index contributed by atoms with van der Waals surface area (Å²) in [4.78, 5) is 27.3. The molecule has 236 valence electrons. The number of allylic oxidation sites excluding steroid dienone is 1. The molecule has 0 radical (unpaired) electrons. The molecule has 4 aromatic rings. The Labute approximate surface area is 294 Å². The fraction of sp³-hybridized carbons (Fsp3) is 0.353. The van der Waals surface area contributed by atoms with Crippen LogP contribution in [0, 0.1) is 0 Å². The van der Waals surface area contributed by atoms with E-state index in [2.05, 4.69) is 8.75 Å². The number of aromatic nitrogens is 2. The normalized spacial score (nSPS) is 13.0. The number of carboxylic acids is 1. The Morgan fingerprint density at radius 2 is 1.37 bits per heavy atom. The zero-order valence-corrected chi connectivity index (χ0v) is 29.9. The third-order valence-electron chi connectivity index (χ3n) is 6.67. The molecule has 1 aliphatic rings. The maximum Gasteiger partial charge on any atom is 1.00 e. The minimum absolute atomic E-state index is 0. The second-order valence-electron chi connectivity index (χ2n) is 11.4. The van der Waals surface area contributed by atoms with Crippen molar-refractivity contribution in [3.05, 3.63) is 70.8 Å². The number of ketones is 1. The van der Waals surface area contributed by atoms with Gasteiger partial charge in [0.15, 0.2) is 28.8 Å². The zero-order valence-electron chi connectivity index (χ0n) is 27.0. The van der Waals surface area contributed by atoms with Gasteiger partial charge in [-0.1, -0.05) is 6.07 Å². The summed E-state index contributed by atoms with van der Waals surface area (Å²) in [6.07, 6.45) is -0.664. The maximum atomic E-state index is 14.3. The maximum absolute atomic E-state index is 14.3. The summed E-state index contributed by atoms with van der Waals surface area (Å²) in [5, 5.41) is 12.9. The third kappa shape index (κ3) is 8.19. The largest absolute Gasteiger partial charge is 1.00 e. The molecule has 0 unspecified atom stereocenters. The number of rotatable bonds is 12. The topological polar surface area (TPSA) is 129 Å². The number of nitrogens with zero attached hydrogens (tertiary/aromatic N) is 2. The van der Waals surface area contributed by atoms with E-state index >= 15 is 0 Å². The number of aliphatic carboxylic acids is 1. The van der Waals surface area contributed by atoms with Gasteiger partial charge in [0.25, 0.3) is 0 Å². The predicted molar refractivity (Wildman–Crippen MR) is 169 cm³/mol. The monoisotopic (exact) mass is 654 g/mol. The van der Waals surface area contributed by atoms with Crippen LogP contribution >= 0.6 is 11.7 Å². The van der Waals surface area contributed by atoms with Gasteiger partial charge in [-0.2, -0.15) is 8.75 Å². The summed E-state index contributed by atoms with van der Waals surface area (Å²) in [7, 11) is 0. The van der Waals surface area contributed by atoms with Gasteiger partial charge in [0, 0.05) is 23.1 Å². The van der Waals surface area contributed by atoms with E-state index in [4.69, 9.17) is 23.7 Å². The van der Waals surface area contributed by atoms with Gasteiger partial charge >= 0.3 is 29.6 Å². The van der Waals surface area contributed by atoms with Crippen LogP contribution in [0.5, 0.6) is 28.7 Å². The van der Waals surface area contributed by atoms with Gasteiger partial charge in [0.2, 0.25) is 5.75 Å². The van der Waals surface area contributed by atoms with Gasteiger partial charge < -0.3 is 33.6 Å². The molecule has 0 saturated heterocycles. The van der Waals surface area contributed by atoms with Crippen molar-refractivity contribution < 1.29 is 67.9 Å². The molecule has 0 fully saturated rings. The quantitative estimate of drug-likeness (QED) is 0.128. The van der Waals surface area contributed by atoms with Gasteiger partial charge in [-0.25, -0.2) is 0 Å². The third-order valence-corrected chi connectivity index (χ3v) is 7.22. The second kappa shape index (κ2) is 15.3. The molecule has 0 spiro atoms. The van der Waals surface area contributed by atoms with E-state index in [1.54, 1.807) is 48.5 Å². The fourth-order valence-corrected chi connectivity index (χ4v) is 5.48. The molecule has 10 nitrogen and oxygen atoms in total. The minimum atomic E-state index is -1.50. The molecular weight excluding hydrogens is 619 g/mol. The number of carbonyl (C=O) groups excluding carboxylic acids is 2. The fourth-order valence-electron chi connectivity index (χ4n) is 4.97. The van der Waals surface area contributed by atoms with Gasteiger partial charge in [-0.3, -0.25) is 4.79 Å². The number of Topliss-reactive ketones (excluding diaryl/α,β-unsaturated/α-hetero) is 1. The summed E-state index contributed by atoms with van der Waals surface area (Å²) >= 11 is 1.02. The standard InChI is InChI=1S/C34H36N2O8S.Na/c1-18(2)42-29-14-21(15-30(43-19(3)4)33(29)44-20(5)6)13-24(32(37)23-8-10-27-28(17-23)41-12-11-40-27)31(34(38)39)22-7-9-25-26(16-22)36-45-35-25;/h7-10,14-20H,11-13H2,1-6H3,(H,38,39);/q;+1/p-1. The molecule has 1 aliphatic heterocycles. The Kier molecular flexibility index (Phi) is 11.7. The number of hydrogen-bond acceptors (Lipinski definition) is 11. The summed E-state index contributed by atoms with van der Waals surface area (Å²) in [6.45, 7) is 12.1. The van der Waals surface area contributed by atoms with Crippen molar-refractivity contribution in [2.24, 2.45) is 0 Å². The molecule has 1 aromatic heterocycles. The summed E-state index contributed by atoms with van der Waals surface area (Å²) in [5.41, 5.74) is 1.96. The van der Waals surface area contributed by atoms with Gasteiger partial charge in [0.05, 0.1) is 36.0 Å². The van der Waals surface area contributed by atoms with Crippen molar-refractivity contribution in [1.82, 2.24) is 8.75 Å². The summed E-state index contributed by atoms with van der Waals surface area (Å²) in [5.74, 6) is 0.175. The van der Waals surface area contributed by atoms with Crippen LogP contribution < -0.4 is 58.3 Å². The van der Waals surface area contributed by atoms with Crippen LogP contribution in [0.15, 0.2) is 54.1 Å². The number of fused-ring (bicyclic) bond motifs is 2. The number of ether oxygens (including phenoxy) is 5. The Balaban J connectivity index is 0.00000480. The van der Waals surface area contributed by atoms with Crippen molar-refractivity contribution in [2.45, 2.75) is 66.3 Å². The minimum Gasteiger partial charge on any atom is -0.545 e. The first kappa shape index (κ1) is 35.2. The molecule has 0 saturated carbocycles. The van der Waals surface area contributed by atoms with Crippen LogP contribution in [-0.2, 0) is 11.2 Å². The van der Waals surface area contributed by atoms with Crippen molar-refractivity contribution in [1.29, 1.82) is 0 Å². The molecule has 2 heterocycles. The van der Waals surface area contributed by atoms with Crippen LogP contribution in [0.1, 0.15) is 63.0 Å². The molecule has 5 rings (SSSR count). The summed E-state index contributed by atoms with van der Waals surface area (Å²) < 4.78 is 38.2. The van der Waals surface area contributed by atoms with E-state index in [0.29, 0.717) is 58.6 Å². The number of benzene rings is 3. The molecule has 0 amide bonds. The average molecular weight is 655 g/mol. The van der Waals surface area contributed by atoms with Crippen LogP contribution in [0.3, 0.4) is 0 Å². The second-order valence-corrected chi connectivity index (χ2v) is 11.9. The van der Waals surface area contributed by atoms with E-state index in [1.165, 1.54) is 0 Å². The molecule has 0 bridgehead atoms. The number of hydrogen-bond donors (Lipinski definition) is 0. The Hall–Kier alpha value is -3.64. The molecule has 12 heteroatoms. The molecular formula is C34H35N2NaO8S. The first-order chi connectivity index (χ1) is 21.5. The van der Waals surface area contributed by atoms with Crippen LogP contribution in [0.4, 0.5) is 0 Å². The Morgan fingerprint density at radius 3 is 1.98 bits per heavy atom. The Morgan fingerprint density at radius 1 is 0.783 bits per heavy atom. The van der Waals surface area contributed by atoms with Crippen LogP contribution in [-0.4, -0.2) is 52.0 Å². The van der Waals surface area contributed by atoms with Crippen molar-refractivity contribution >= 4 is 40.1 Å². The SMILES string of the molecule is CC(C)Oc1cc(CC(C(=O)c2ccc3c(c2)OCCO3)=C(C(=O)[O-])c2ccc3nsnc3c2)cc(OC(C)C)c1OC(C)C.[Na+]. The van der Waals surface area contributed by atoms with Crippen LogP contribution in [0.2, 0.25) is 0 Å². The van der Waals surface area contributed by atoms with Crippen molar-refractivity contribution in [2.75, 3.05) is 13.2 Å². The molecule has 46 heavy (non-hydrogen) atoms. The molecule has 0 atom stereocenters. The van der Waals surface area contributed by atoms with Gasteiger partial charge in [0.1, 0.15) is 24.2 Å². The van der Waals surface area contributed by atoms with Crippen molar-refractivity contribution in [3.8, 4) is 28.7 Å². The van der Waals surface area contributed by atoms with E-state index in [0.717, 1.165) is 11.7 Å². The molecule has 0 aliphatic carbocycles. The van der Waals surface area contributed by atoms with E-state index in [-0.39, 0.29) is 76.6 Å². The molecule has 3 aromatic carbocycles. The number of carboxylic acid groups (broad SMARTS) is 1. The van der Waals surface area contributed by atoms with Gasteiger partial charge in [-0.05, 0) is 95.1 Å². The van der Waals surface area contributed by atoms with E-state index in [9.17, 15) is 14.7 Å². The predicted octanol–water partition coefficient (Wildman–Crippen LogP) is 2.46. The number of carbonyl (C=O) groups is 2. The average Bonchev–Trinajstić information content (AvgIpc) is 3.45. The molecule has 0 N–H and O–H groups in total. The van der Waals surface area contributed by atoms with Crippen LogP contribution in [0.25, 0.3) is 16.6 Å². The Bertz CT molecular complexity index is 1730. The smallest absolute Gasteiger partial charge is 0.545 e. The first-order valence-electron chi connectivity index (χ1n) is 14.8. The zero-order chi connectivity index (χ0) is 32.2. The first-order valence-corrected chi connectivity index (χ1v) is 15.5. The van der Waals surface area contributed by atoms with Gasteiger partial charge in [-0.15, -0.1) is 0 Å². The van der Waals surface area contributed by atoms with Crippen molar-refractivity contribution in [3.63, 3.8) is 0 Å².